The maximum Gasteiger partial charge on any atom is 0.258 e. The summed E-state index contributed by atoms with van der Waals surface area (Å²) in [6, 6.07) is 7.22. The van der Waals surface area contributed by atoms with Crippen molar-refractivity contribution >= 4 is 28.4 Å². The van der Waals surface area contributed by atoms with Crippen molar-refractivity contribution in [2.75, 3.05) is 12.4 Å². The molecule has 1 atom stereocenters. The number of benzene rings is 1. The Kier molecular flexibility index (Phi) is 3.53. The molecule has 1 saturated carbocycles. The summed E-state index contributed by atoms with van der Waals surface area (Å²) >= 11 is 1.52. The monoisotopic (exact) mass is 288 g/mol. The van der Waals surface area contributed by atoms with Gasteiger partial charge < -0.3 is 10.1 Å². The Hall–Kier alpha value is -1.75. The molecule has 20 heavy (non-hydrogen) atoms. The molecule has 0 spiro atoms. The van der Waals surface area contributed by atoms with Crippen LogP contribution in [0, 0.1) is 5.41 Å². The maximum absolute atomic E-state index is 12.4. The summed E-state index contributed by atoms with van der Waals surface area (Å²) in [6.07, 6.45) is 3.16. The fourth-order valence-corrected chi connectivity index (χ4v) is 3.98. The smallest absolute Gasteiger partial charge is 0.258 e. The molecule has 5 heteroatoms. The lowest BCUT2D eigenvalue weighted by atomic mass is 10.1. The van der Waals surface area contributed by atoms with Gasteiger partial charge in [0.1, 0.15) is 10.8 Å². The molecule has 1 aliphatic carbocycles. The molecule has 0 radical (unpaired) electrons. The predicted molar refractivity (Wildman–Crippen MR) is 81.6 cm³/mol. The number of hydrogen-bond acceptors (Lipinski definition) is 4. The molecule has 2 N–H and O–H groups in total. The molecule has 1 amide bonds. The minimum atomic E-state index is -0.160. The van der Waals surface area contributed by atoms with Crippen molar-refractivity contribution in [3.8, 4) is 5.75 Å². The van der Waals surface area contributed by atoms with Crippen LogP contribution in [0.15, 0.2) is 35.4 Å². The first-order chi connectivity index (χ1) is 9.69. The van der Waals surface area contributed by atoms with Gasteiger partial charge in [0.2, 0.25) is 0 Å². The van der Waals surface area contributed by atoms with Crippen molar-refractivity contribution in [3.63, 3.8) is 0 Å². The molecule has 1 aromatic carbocycles. The molecule has 1 unspecified atom stereocenters. The highest BCUT2D eigenvalue weighted by Crippen LogP contribution is 2.44. The second-order valence-corrected chi connectivity index (χ2v) is 6.12. The lowest BCUT2D eigenvalue weighted by molar-refractivity contribution is -0.112. The number of rotatable bonds is 3. The zero-order chi connectivity index (χ0) is 14.1. The van der Waals surface area contributed by atoms with E-state index in [0.29, 0.717) is 15.9 Å². The number of thioether (sulfide) groups is 1. The van der Waals surface area contributed by atoms with Crippen molar-refractivity contribution in [2.45, 2.75) is 24.5 Å². The Labute approximate surface area is 122 Å². The van der Waals surface area contributed by atoms with Gasteiger partial charge >= 0.3 is 0 Å². The molecule has 4 nitrogen and oxygen atoms in total. The van der Waals surface area contributed by atoms with E-state index in [2.05, 4.69) is 5.32 Å². The number of anilines is 1. The van der Waals surface area contributed by atoms with Crippen LogP contribution in [0.1, 0.15) is 19.3 Å². The van der Waals surface area contributed by atoms with E-state index in [-0.39, 0.29) is 5.91 Å². The number of fused-ring (bicyclic) bond motifs is 1. The summed E-state index contributed by atoms with van der Waals surface area (Å²) in [4.78, 5) is 12.4. The average Bonchev–Trinajstić information content (AvgIpc) is 2.99. The van der Waals surface area contributed by atoms with E-state index in [9.17, 15) is 4.79 Å². The van der Waals surface area contributed by atoms with Crippen LogP contribution in [0.4, 0.5) is 5.69 Å². The Morgan fingerprint density at radius 3 is 2.85 bits per heavy atom. The van der Waals surface area contributed by atoms with Crippen molar-refractivity contribution in [3.05, 3.63) is 35.4 Å². The van der Waals surface area contributed by atoms with E-state index in [0.717, 1.165) is 36.3 Å². The van der Waals surface area contributed by atoms with Crippen LogP contribution in [0.5, 0.6) is 5.75 Å². The van der Waals surface area contributed by atoms with Crippen LogP contribution < -0.4 is 10.1 Å². The highest BCUT2D eigenvalue weighted by molar-refractivity contribution is 8.15. The third-order valence-electron chi connectivity index (χ3n) is 3.68. The largest absolute Gasteiger partial charge is 0.497 e. The Bertz CT molecular complexity index is 592. The molecular formula is C15H16N2O2S. The van der Waals surface area contributed by atoms with Crippen LogP contribution >= 0.6 is 11.8 Å². The van der Waals surface area contributed by atoms with Gasteiger partial charge in [0, 0.05) is 10.9 Å². The Balaban J connectivity index is 1.79. The van der Waals surface area contributed by atoms with Crippen LogP contribution in [-0.2, 0) is 4.79 Å². The number of carbonyl (C=O) groups is 1. The van der Waals surface area contributed by atoms with Gasteiger partial charge in [0.15, 0.2) is 0 Å². The van der Waals surface area contributed by atoms with Gasteiger partial charge in [-0.2, -0.15) is 0 Å². The number of carbonyl (C=O) groups excluding carboxylic acids is 1. The normalized spacial score (nSPS) is 21.1. The highest BCUT2D eigenvalue weighted by Gasteiger charge is 2.36. The van der Waals surface area contributed by atoms with Crippen molar-refractivity contribution in [2.24, 2.45) is 0 Å². The molecule has 1 heterocycles. The second-order valence-electron chi connectivity index (χ2n) is 4.91. The topological polar surface area (TPSA) is 62.2 Å². The van der Waals surface area contributed by atoms with Crippen LogP contribution in [0.2, 0.25) is 0 Å². The number of amides is 1. The number of nitrogens with one attached hydrogen (secondary N) is 2. The van der Waals surface area contributed by atoms with Crippen molar-refractivity contribution in [1.29, 1.82) is 5.41 Å². The predicted octanol–water partition coefficient (Wildman–Crippen LogP) is 3.21. The minimum Gasteiger partial charge on any atom is -0.497 e. The lowest BCUT2D eigenvalue weighted by Gasteiger charge is -2.08. The third-order valence-corrected chi connectivity index (χ3v) is 4.93. The lowest BCUT2D eigenvalue weighted by Crippen LogP contribution is -2.18. The van der Waals surface area contributed by atoms with E-state index in [1.165, 1.54) is 11.8 Å². The number of hydrogen-bond donors (Lipinski definition) is 2. The summed E-state index contributed by atoms with van der Waals surface area (Å²) in [5, 5.41) is 11.6. The van der Waals surface area contributed by atoms with Gasteiger partial charge in [-0.05, 0) is 49.1 Å². The van der Waals surface area contributed by atoms with Crippen molar-refractivity contribution < 1.29 is 9.53 Å². The summed E-state index contributed by atoms with van der Waals surface area (Å²) < 4.78 is 5.09. The quantitative estimate of drug-likeness (QED) is 0.897. The first kappa shape index (κ1) is 13.2. The Morgan fingerprint density at radius 1 is 1.40 bits per heavy atom. The van der Waals surface area contributed by atoms with E-state index in [1.807, 2.05) is 0 Å². The molecular weight excluding hydrogens is 272 g/mol. The van der Waals surface area contributed by atoms with Gasteiger partial charge in [-0.25, -0.2) is 0 Å². The molecule has 104 valence electrons. The highest BCUT2D eigenvalue weighted by atomic mass is 32.2. The van der Waals surface area contributed by atoms with Crippen molar-refractivity contribution in [1.82, 2.24) is 0 Å². The van der Waals surface area contributed by atoms with Crippen LogP contribution in [-0.4, -0.2) is 23.3 Å². The molecule has 1 aromatic rings. The number of methoxy groups -OCH3 is 1. The molecule has 2 aliphatic rings. The van der Waals surface area contributed by atoms with E-state index in [4.69, 9.17) is 10.1 Å². The van der Waals surface area contributed by atoms with Crippen LogP contribution in [0.25, 0.3) is 0 Å². The van der Waals surface area contributed by atoms with Gasteiger partial charge in [-0.1, -0.05) is 11.8 Å². The first-order valence-electron chi connectivity index (χ1n) is 6.63. The van der Waals surface area contributed by atoms with Gasteiger partial charge in [0.05, 0.1) is 12.7 Å². The molecule has 1 aliphatic heterocycles. The molecule has 0 saturated heterocycles. The zero-order valence-electron chi connectivity index (χ0n) is 11.2. The minimum absolute atomic E-state index is 0.160. The summed E-state index contributed by atoms with van der Waals surface area (Å²) in [5.41, 5.74) is 2.47. The van der Waals surface area contributed by atoms with E-state index < -0.39 is 0 Å². The molecule has 3 rings (SSSR count). The second kappa shape index (κ2) is 5.32. The summed E-state index contributed by atoms with van der Waals surface area (Å²) in [6.45, 7) is 0. The maximum atomic E-state index is 12.4. The summed E-state index contributed by atoms with van der Waals surface area (Å²) in [5.74, 6) is 0.595. The molecule has 1 fully saturated rings. The Morgan fingerprint density at radius 2 is 2.15 bits per heavy atom. The van der Waals surface area contributed by atoms with Crippen LogP contribution in [0.3, 0.4) is 0 Å². The number of ether oxygens (including phenoxy) is 1. The fourth-order valence-electron chi connectivity index (χ4n) is 2.69. The SMILES string of the molecule is COc1ccc(NC(=O)C2=C3CCCC3SC2=N)cc1. The zero-order valence-corrected chi connectivity index (χ0v) is 12.0. The molecule has 0 aromatic heterocycles. The van der Waals surface area contributed by atoms with Gasteiger partial charge in [-0.15, -0.1) is 0 Å². The molecule has 0 bridgehead atoms. The fraction of sp³-hybridized carbons (Fsp3) is 0.333. The van der Waals surface area contributed by atoms with E-state index in [1.54, 1.807) is 31.4 Å². The summed E-state index contributed by atoms with van der Waals surface area (Å²) in [7, 11) is 1.61. The standard InChI is InChI=1S/C15H16N2O2S/c1-19-10-7-5-9(6-8-10)17-15(18)13-11-3-2-4-12(11)20-14(13)16/h5-8,12,16H,2-4H2,1H3,(H,17,18). The van der Waals surface area contributed by atoms with Gasteiger partial charge in [-0.3, -0.25) is 10.2 Å². The third kappa shape index (κ3) is 2.33. The average molecular weight is 288 g/mol. The van der Waals surface area contributed by atoms with E-state index >= 15 is 0 Å². The van der Waals surface area contributed by atoms with Gasteiger partial charge in [0.25, 0.3) is 5.91 Å². The first-order valence-corrected chi connectivity index (χ1v) is 7.51.